The van der Waals surface area contributed by atoms with E-state index in [-0.39, 0.29) is 18.2 Å². The van der Waals surface area contributed by atoms with Crippen molar-refractivity contribution in [2.45, 2.75) is 25.3 Å². The van der Waals surface area contributed by atoms with E-state index >= 15 is 0 Å². The number of nitrogens with zero attached hydrogens (tertiary/aromatic N) is 1. The highest BCUT2D eigenvalue weighted by Gasteiger charge is 2.25. The molecule has 1 aromatic carbocycles. The summed E-state index contributed by atoms with van der Waals surface area (Å²) in [4.78, 5) is 25.4. The average molecular weight is 349 g/mol. The molecule has 0 spiro atoms. The summed E-state index contributed by atoms with van der Waals surface area (Å²) in [5.41, 5.74) is 0.627. The van der Waals surface area contributed by atoms with Crippen LogP contribution in [0.5, 0.6) is 11.5 Å². The predicted molar refractivity (Wildman–Crippen MR) is 91.2 cm³/mol. The number of likely N-dealkylation sites (tertiary alicyclic amines) is 1. The third-order valence-electron chi connectivity index (χ3n) is 4.19. The Morgan fingerprint density at radius 1 is 1.20 bits per heavy atom. The van der Waals surface area contributed by atoms with Crippen LogP contribution in [0, 0.1) is 0 Å². The smallest absolute Gasteiger partial charge is 0.409 e. The molecule has 1 aromatic rings. The fourth-order valence-corrected chi connectivity index (χ4v) is 2.98. The van der Waals surface area contributed by atoms with E-state index in [0.717, 1.165) is 19.3 Å². The molecule has 25 heavy (non-hydrogen) atoms. The standard InChI is InChI=1S/C17H23N3O5/c1-23-17(22)20-7-2-4-13(11-20)19-16(21)18-12-5-6-14-15(10-12)25-9-3-8-24-14/h5-6,10,13H,2-4,7-9,11H2,1H3,(H2,18,19,21). The molecular weight excluding hydrogens is 326 g/mol. The molecule has 1 atom stereocenters. The van der Waals surface area contributed by atoms with Gasteiger partial charge in [0.15, 0.2) is 11.5 Å². The second-order valence-corrected chi connectivity index (χ2v) is 6.07. The highest BCUT2D eigenvalue weighted by Crippen LogP contribution is 2.32. The van der Waals surface area contributed by atoms with Crippen LogP contribution in [0.15, 0.2) is 18.2 Å². The second kappa shape index (κ2) is 7.96. The molecule has 1 fully saturated rings. The van der Waals surface area contributed by atoms with Crippen molar-refractivity contribution in [1.29, 1.82) is 0 Å². The summed E-state index contributed by atoms with van der Waals surface area (Å²) < 4.78 is 15.9. The van der Waals surface area contributed by atoms with Crippen molar-refractivity contribution in [3.63, 3.8) is 0 Å². The molecule has 1 saturated heterocycles. The van der Waals surface area contributed by atoms with Crippen molar-refractivity contribution in [2.24, 2.45) is 0 Å². The van der Waals surface area contributed by atoms with Gasteiger partial charge in [-0.05, 0) is 25.0 Å². The lowest BCUT2D eigenvalue weighted by molar-refractivity contribution is 0.108. The Bertz CT molecular complexity index is 637. The zero-order valence-electron chi connectivity index (χ0n) is 14.2. The number of ether oxygens (including phenoxy) is 3. The second-order valence-electron chi connectivity index (χ2n) is 6.07. The number of methoxy groups -OCH3 is 1. The van der Waals surface area contributed by atoms with E-state index in [2.05, 4.69) is 10.6 Å². The van der Waals surface area contributed by atoms with Crippen LogP contribution >= 0.6 is 0 Å². The molecule has 3 amide bonds. The maximum Gasteiger partial charge on any atom is 0.409 e. The lowest BCUT2D eigenvalue weighted by Crippen LogP contribution is -2.50. The minimum Gasteiger partial charge on any atom is -0.490 e. The molecule has 0 aromatic heterocycles. The summed E-state index contributed by atoms with van der Waals surface area (Å²) in [5, 5.41) is 5.69. The molecule has 136 valence electrons. The molecule has 0 bridgehead atoms. The first-order valence-electron chi connectivity index (χ1n) is 8.46. The predicted octanol–water partition coefficient (Wildman–Crippen LogP) is 2.20. The summed E-state index contributed by atoms with van der Waals surface area (Å²) >= 11 is 0. The van der Waals surface area contributed by atoms with Gasteiger partial charge in [-0.25, -0.2) is 9.59 Å². The van der Waals surface area contributed by atoms with Crippen LogP contribution in [0.4, 0.5) is 15.3 Å². The number of benzene rings is 1. The number of fused-ring (bicyclic) bond motifs is 1. The fourth-order valence-electron chi connectivity index (χ4n) is 2.98. The third-order valence-corrected chi connectivity index (χ3v) is 4.19. The van der Waals surface area contributed by atoms with Crippen molar-refractivity contribution in [1.82, 2.24) is 10.2 Å². The maximum absolute atomic E-state index is 12.2. The van der Waals surface area contributed by atoms with Crippen molar-refractivity contribution in [3.05, 3.63) is 18.2 Å². The number of hydrogen-bond acceptors (Lipinski definition) is 5. The van der Waals surface area contributed by atoms with Gasteiger partial charge in [-0.15, -0.1) is 0 Å². The van der Waals surface area contributed by atoms with Crippen LogP contribution in [-0.4, -0.2) is 56.5 Å². The number of nitrogens with one attached hydrogen (secondary N) is 2. The molecule has 0 radical (unpaired) electrons. The topological polar surface area (TPSA) is 89.1 Å². The van der Waals surface area contributed by atoms with Gasteiger partial charge in [0, 0.05) is 37.3 Å². The first-order chi connectivity index (χ1) is 12.2. The minimum absolute atomic E-state index is 0.103. The van der Waals surface area contributed by atoms with Crippen LogP contribution in [0.1, 0.15) is 19.3 Å². The molecule has 0 saturated carbocycles. The summed E-state index contributed by atoms with van der Waals surface area (Å²) in [6, 6.07) is 4.89. The van der Waals surface area contributed by atoms with Gasteiger partial charge in [-0.2, -0.15) is 0 Å². The highest BCUT2D eigenvalue weighted by atomic mass is 16.5. The first-order valence-corrected chi connectivity index (χ1v) is 8.46. The molecule has 3 rings (SSSR count). The molecule has 8 nitrogen and oxygen atoms in total. The Hall–Kier alpha value is -2.64. The first kappa shape index (κ1) is 17.2. The van der Waals surface area contributed by atoms with Crippen molar-refractivity contribution < 1.29 is 23.8 Å². The molecule has 8 heteroatoms. The van der Waals surface area contributed by atoms with E-state index in [1.165, 1.54) is 7.11 Å². The zero-order valence-corrected chi connectivity index (χ0v) is 14.2. The normalized spacial score (nSPS) is 19.6. The lowest BCUT2D eigenvalue weighted by Gasteiger charge is -2.32. The molecular formula is C17H23N3O5. The number of carbonyl (C=O) groups excluding carboxylic acids is 2. The number of hydrogen-bond donors (Lipinski definition) is 2. The van der Waals surface area contributed by atoms with E-state index in [4.69, 9.17) is 14.2 Å². The van der Waals surface area contributed by atoms with Gasteiger partial charge >= 0.3 is 12.1 Å². The molecule has 2 heterocycles. The number of carbonyl (C=O) groups is 2. The zero-order chi connectivity index (χ0) is 17.6. The fraction of sp³-hybridized carbons (Fsp3) is 0.529. The van der Waals surface area contributed by atoms with E-state index < -0.39 is 0 Å². The monoisotopic (exact) mass is 349 g/mol. The molecule has 2 aliphatic rings. The Kier molecular flexibility index (Phi) is 5.47. The van der Waals surface area contributed by atoms with Gasteiger partial charge in [-0.1, -0.05) is 0 Å². The van der Waals surface area contributed by atoms with E-state index in [9.17, 15) is 9.59 Å². The van der Waals surface area contributed by atoms with Gasteiger partial charge in [0.05, 0.1) is 20.3 Å². The van der Waals surface area contributed by atoms with Crippen LogP contribution in [0.25, 0.3) is 0 Å². The van der Waals surface area contributed by atoms with Crippen molar-refractivity contribution in [3.8, 4) is 11.5 Å². The van der Waals surface area contributed by atoms with Crippen LogP contribution in [0.2, 0.25) is 0 Å². The van der Waals surface area contributed by atoms with Gasteiger partial charge in [0.1, 0.15) is 0 Å². The third kappa shape index (κ3) is 4.46. The van der Waals surface area contributed by atoms with E-state index in [1.807, 2.05) is 0 Å². The van der Waals surface area contributed by atoms with E-state index in [1.54, 1.807) is 23.1 Å². The molecule has 1 unspecified atom stereocenters. The summed E-state index contributed by atoms with van der Waals surface area (Å²) in [7, 11) is 1.36. The Balaban J connectivity index is 1.55. The van der Waals surface area contributed by atoms with Crippen LogP contribution < -0.4 is 20.1 Å². The summed E-state index contributed by atoms with van der Waals surface area (Å²) in [6.45, 7) is 2.31. The quantitative estimate of drug-likeness (QED) is 0.854. The molecule has 0 aliphatic carbocycles. The number of rotatable bonds is 2. The lowest BCUT2D eigenvalue weighted by atomic mass is 10.1. The molecule has 2 aliphatic heterocycles. The number of piperidine rings is 1. The Morgan fingerprint density at radius 2 is 2.00 bits per heavy atom. The molecule has 2 N–H and O–H groups in total. The number of amides is 3. The van der Waals surface area contributed by atoms with Gasteiger partial charge in [0.25, 0.3) is 0 Å². The van der Waals surface area contributed by atoms with E-state index in [0.29, 0.717) is 43.5 Å². The van der Waals surface area contributed by atoms with Gasteiger partial charge < -0.3 is 29.7 Å². The number of urea groups is 1. The van der Waals surface area contributed by atoms with Gasteiger partial charge in [-0.3, -0.25) is 0 Å². The van der Waals surface area contributed by atoms with Crippen molar-refractivity contribution >= 4 is 17.8 Å². The minimum atomic E-state index is -0.366. The summed E-state index contributed by atoms with van der Waals surface area (Å²) in [5.74, 6) is 1.31. The average Bonchev–Trinajstić information content (AvgIpc) is 2.86. The number of anilines is 1. The Labute approximate surface area is 146 Å². The highest BCUT2D eigenvalue weighted by molar-refractivity contribution is 5.90. The van der Waals surface area contributed by atoms with Crippen LogP contribution in [-0.2, 0) is 4.74 Å². The maximum atomic E-state index is 12.2. The largest absolute Gasteiger partial charge is 0.490 e. The van der Waals surface area contributed by atoms with Gasteiger partial charge in [0.2, 0.25) is 0 Å². The Morgan fingerprint density at radius 3 is 2.80 bits per heavy atom. The summed E-state index contributed by atoms with van der Waals surface area (Å²) in [6.07, 6.45) is 2.11. The van der Waals surface area contributed by atoms with Crippen molar-refractivity contribution in [2.75, 3.05) is 38.7 Å². The van der Waals surface area contributed by atoms with Crippen LogP contribution in [0.3, 0.4) is 0 Å². The SMILES string of the molecule is COC(=O)N1CCCC(NC(=O)Nc2ccc3c(c2)OCCCO3)C1.